The van der Waals surface area contributed by atoms with Crippen molar-refractivity contribution >= 4 is 28.9 Å². The van der Waals surface area contributed by atoms with Crippen molar-refractivity contribution in [2.45, 2.75) is 6.54 Å². The SMILES string of the molecule is COc1ccc(NC(=O)c2cncc(NCc3ccccc3Cl)c2)cc1OC. The minimum atomic E-state index is -0.277. The predicted molar refractivity (Wildman–Crippen MR) is 111 cm³/mol. The molecule has 0 unspecified atom stereocenters. The zero-order valence-corrected chi connectivity index (χ0v) is 16.3. The van der Waals surface area contributed by atoms with E-state index in [-0.39, 0.29) is 5.91 Å². The summed E-state index contributed by atoms with van der Waals surface area (Å²) < 4.78 is 10.5. The van der Waals surface area contributed by atoms with Gasteiger partial charge in [0.1, 0.15) is 0 Å². The van der Waals surface area contributed by atoms with Crippen molar-refractivity contribution < 1.29 is 14.3 Å². The third kappa shape index (κ3) is 4.72. The number of anilines is 2. The lowest BCUT2D eigenvalue weighted by molar-refractivity contribution is 0.102. The van der Waals surface area contributed by atoms with Gasteiger partial charge in [0.05, 0.1) is 25.5 Å². The number of halogens is 1. The molecule has 6 nitrogen and oxygen atoms in total. The Bertz CT molecular complexity index is 979. The van der Waals surface area contributed by atoms with Gasteiger partial charge in [-0.1, -0.05) is 29.8 Å². The number of hydrogen-bond donors (Lipinski definition) is 2. The van der Waals surface area contributed by atoms with Gasteiger partial charge in [0.25, 0.3) is 5.91 Å². The van der Waals surface area contributed by atoms with E-state index in [4.69, 9.17) is 21.1 Å². The summed E-state index contributed by atoms with van der Waals surface area (Å²) in [5.41, 5.74) is 2.71. The van der Waals surface area contributed by atoms with Crippen LogP contribution in [0.4, 0.5) is 11.4 Å². The Balaban J connectivity index is 1.69. The van der Waals surface area contributed by atoms with Crippen LogP contribution in [-0.2, 0) is 6.54 Å². The molecule has 0 aliphatic heterocycles. The highest BCUT2D eigenvalue weighted by molar-refractivity contribution is 6.31. The van der Waals surface area contributed by atoms with Crippen LogP contribution in [0.15, 0.2) is 60.9 Å². The summed E-state index contributed by atoms with van der Waals surface area (Å²) in [6.45, 7) is 0.530. The number of carbonyl (C=O) groups is 1. The minimum Gasteiger partial charge on any atom is -0.493 e. The van der Waals surface area contributed by atoms with E-state index in [1.807, 2.05) is 24.3 Å². The van der Waals surface area contributed by atoms with Crippen LogP contribution in [0, 0.1) is 0 Å². The lowest BCUT2D eigenvalue weighted by Gasteiger charge is -2.11. The van der Waals surface area contributed by atoms with Crippen molar-refractivity contribution in [2.24, 2.45) is 0 Å². The second-order valence-electron chi connectivity index (χ2n) is 5.93. The lowest BCUT2D eigenvalue weighted by Crippen LogP contribution is -2.13. The molecule has 0 fully saturated rings. The number of hydrogen-bond acceptors (Lipinski definition) is 5. The van der Waals surface area contributed by atoms with Crippen molar-refractivity contribution in [3.8, 4) is 11.5 Å². The van der Waals surface area contributed by atoms with E-state index >= 15 is 0 Å². The number of pyridine rings is 1. The summed E-state index contributed by atoms with van der Waals surface area (Å²) in [5.74, 6) is 0.850. The predicted octanol–water partition coefficient (Wildman–Crippen LogP) is 4.62. The molecular weight excluding hydrogens is 378 g/mol. The zero-order valence-electron chi connectivity index (χ0n) is 15.5. The van der Waals surface area contributed by atoms with Gasteiger partial charge in [-0.2, -0.15) is 0 Å². The highest BCUT2D eigenvalue weighted by Crippen LogP contribution is 2.30. The number of rotatable bonds is 7. The molecule has 0 saturated heterocycles. The van der Waals surface area contributed by atoms with Crippen LogP contribution < -0.4 is 20.1 Å². The van der Waals surface area contributed by atoms with E-state index in [0.29, 0.717) is 34.3 Å². The van der Waals surface area contributed by atoms with Crippen LogP contribution in [0.3, 0.4) is 0 Å². The Kier molecular flexibility index (Phi) is 6.34. The average molecular weight is 398 g/mol. The monoisotopic (exact) mass is 397 g/mol. The second kappa shape index (κ2) is 9.10. The molecule has 7 heteroatoms. The number of methoxy groups -OCH3 is 2. The standard InChI is InChI=1S/C21H20ClN3O3/c1-27-19-8-7-16(10-20(19)28-2)25-21(26)15-9-17(13-23-11-15)24-12-14-5-3-4-6-18(14)22/h3-11,13,24H,12H2,1-2H3,(H,25,26). The Morgan fingerprint density at radius 2 is 1.79 bits per heavy atom. The summed E-state index contributed by atoms with van der Waals surface area (Å²) >= 11 is 6.17. The van der Waals surface area contributed by atoms with Crippen molar-refractivity contribution in [2.75, 3.05) is 24.9 Å². The Hall–Kier alpha value is -3.25. The molecule has 1 amide bonds. The third-order valence-electron chi connectivity index (χ3n) is 4.08. The van der Waals surface area contributed by atoms with Crippen LogP contribution in [0.2, 0.25) is 5.02 Å². The molecule has 0 saturated carbocycles. The summed E-state index contributed by atoms with van der Waals surface area (Å²) in [7, 11) is 3.10. The van der Waals surface area contributed by atoms with Crippen LogP contribution in [0.25, 0.3) is 0 Å². The number of ether oxygens (including phenoxy) is 2. The van der Waals surface area contributed by atoms with Crippen molar-refractivity contribution in [1.82, 2.24) is 4.98 Å². The van der Waals surface area contributed by atoms with E-state index in [1.165, 1.54) is 6.20 Å². The Morgan fingerprint density at radius 3 is 2.54 bits per heavy atom. The fraction of sp³-hybridized carbons (Fsp3) is 0.143. The number of carbonyl (C=O) groups excluding carboxylic acids is 1. The van der Waals surface area contributed by atoms with Gasteiger partial charge in [-0.05, 0) is 29.8 Å². The van der Waals surface area contributed by atoms with Gasteiger partial charge in [0.2, 0.25) is 0 Å². The van der Waals surface area contributed by atoms with Gasteiger partial charge in [0, 0.05) is 35.7 Å². The van der Waals surface area contributed by atoms with Gasteiger partial charge in [0.15, 0.2) is 11.5 Å². The Morgan fingerprint density at radius 1 is 1.00 bits per heavy atom. The number of benzene rings is 2. The molecule has 0 aliphatic rings. The molecule has 0 radical (unpaired) electrons. The molecule has 144 valence electrons. The summed E-state index contributed by atoms with van der Waals surface area (Å²) in [4.78, 5) is 16.7. The lowest BCUT2D eigenvalue weighted by atomic mass is 10.2. The highest BCUT2D eigenvalue weighted by atomic mass is 35.5. The molecule has 0 atom stereocenters. The maximum atomic E-state index is 12.6. The zero-order chi connectivity index (χ0) is 19.9. The molecular formula is C21H20ClN3O3. The molecule has 1 heterocycles. The van der Waals surface area contributed by atoms with Gasteiger partial charge in [-0.25, -0.2) is 0 Å². The smallest absolute Gasteiger partial charge is 0.257 e. The molecule has 3 rings (SSSR count). The first-order valence-corrected chi connectivity index (χ1v) is 8.94. The number of nitrogens with one attached hydrogen (secondary N) is 2. The van der Waals surface area contributed by atoms with Crippen LogP contribution in [0.1, 0.15) is 15.9 Å². The molecule has 2 aromatic carbocycles. The summed E-state index contributed by atoms with van der Waals surface area (Å²) in [6, 6.07) is 14.5. The first-order valence-electron chi connectivity index (χ1n) is 8.56. The summed E-state index contributed by atoms with van der Waals surface area (Å²) in [6.07, 6.45) is 3.17. The molecule has 1 aromatic heterocycles. The normalized spacial score (nSPS) is 10.2. The highest BCUT2D eigenvalue weighted by Gasteiger charge is 2.10. The van der Waals surface area contributed by atoms with E-state index in [0.717, 1.165) is 11.3 Å². The van der Waals surface area contributed by atoms with Gasteiger partial charge in [-0.3, -0.25) is 9.78 Å². The summed E-state index contributed by atoms with van der Waals surface area (Å²) in [5, 5.41) is 6.75. The molecule has 0 aliphatic carbocycles. The van der Waals surface area contributed by atoms with Crippen molar-refractivity contribution in [3.05, 3.63) is 77.1 Å². The average Bonchev–Trinajstić information content (AvgIpc) is 2.73. The van der Waals surface area contributed by atoms with E-state index in [1.54, 1.807) is 44.7 Å². The van der Waals surface area contributed by atoms with Gasteiger partial charge < -0.3 is 20.1 Å². The first kappa shape index (κ1) is 19.5. The first-order chi connectivity index (χ1) is 13.6. The fourth-order valence-electron chi connectivity index (χ4n) is 2.62. The quantitative estimate of drug-likeness (QED) is 0.608. The number of aromatic nitrogens is 1. The van der Waals surface area contributed by atoms with Crippen molar-refractivity contribution in [3.63, 3.8) is 0 Å². The fourth-order valence-corrected chi connectivity index (χ4v) is 2.82. The van der Waals surface area contributed by atoms with Crippen LogP contribution in [-0.4, -0.2) is 25.1 Å². The minimum absolute atomic E-state index is 0.277. The maximum absolute atomic E-state index is 12.6. The molecule has 3 aromatic rings. The van der Waals surface area contributed by atoms with Crippen LogP contribution in [0.5, 0.6) is 11.5 Å². The Labute approximate surface area is 168 Å². The molecule has 28 heavy (non-hydrogen) atoms. The molecule has 0 bridgehead atoms. The van der Waals surface area contributed by atoms with Crippen LogP contribution >= 0.6 is 11.6 Å². The third-order valence-corrected chi connectivity index (χ3v) is 4.45. The largest absolute Gasteiger partial charge is 0.493 e. The topological polar surface area (TPSA) is 72.5 Å². The van der Waals surface area contributed by atoms with Gasteiger partial charge in [-0.15, -0.1) is 0 Å². The number of amides is 1. The number of nitrogens with zero attached hydrogens (tertiary/aromatic N) is 1. The van der Waals surface area contributed by atoms with Crippen molar-refractivity contribution in [1.29, 1.82) is 0 Å². The molecule has 2 N–H and O–H groups in total. The van der Waals surface area contributed by atoms with E-state index < -0.39 is 0 Å². The van der Waals surface area contributed by atoms with E-state index in [2.05, 4.69) is 15.6 Å². The maximum Gasteiger partial charge on any atom is 0.257 e. The molecule has 0 spiro atoms. The second-order valence-corrected chi connectivity index (χ2v) is 6.34. The van der Waals surface area contributed by atoms with E-state index in [9.17, 15) is 4.79 Å². The van der Waals surface area contributed by atoms with Gasteiger partial charge >= 0.3 is 0 Å².